The summed E-state index contributed by atoms with van der Waals surface area (Å²) in [7, 11) is 0. The van der Waals surface area contributed by atoms with E-state index in [9.17, 15) is 5.11 Å². The van der Waals surface area contributed by atoms with Gasteiger partial charge in [-0.15, -0.1) is 0 Å². The Hall–Kier alpha value is -1.22. The molecule has 0 fully saturated rings. The monoisotopic (exact) mass is 194 g/mol. The van der Waals surface area contributed by atoms with Crippen LogP contribution in [0.15, 0.2) is 18.2 Å². The van der Waals surface area contributed by atoms with Crippen molar-refractivity contribution in [3.8, 4) is 17.2 Å². The second kappa shape index (κ2) is 3.88. The Kier molecular flexibility index (Phi) is 2.59. The first-order valence-corrected chi connectivity index (χ1v) is 4.92. The topological polar surface area (TPSA) is 42.0 Å². The summed E-state index contributed by atoms with van der Waals surface area (Å²) in [6.07, 6.45) is 1.38. The van der Waals surface area contributed by atoms with Gasteiger partial charge in [0.1, 0.15) is 12.4 Å². The largest absolute Gasteiger partial charge is 0.491 e. The number of aliphatic hydroxyl groups excluding tert-OH is 1. The molecule has 0 bridgehead atoms. The Morgan fingerprint density at radius 1 is 1.43 bits per heavy atom. The van der Waals surface area contributed by atoms with Crippen LogP contribution in [0.4, 0.5) is 0 Å². The lowest BCUT2D eigenvalue weighted by atomic mass is 10.2. The maximum atomic E-state index is 9.44. The van der Waals surface area contributed by atoms with Crippen molar-refractivity contribution in [2.45, 2.75) is 25.9 Å². The highest BCUT2D eigenvalue weighted by atomic mass is 16.6. The third kappa shape index (κ3) is 2.17. The molecule has 2 rings (SSSR count). The van der Waals surface area contributed by atoms with Gasteiger partial charge in [-0.2, -0.15) is 0 Å². The second-order valence-corrected chi connectivity index (χ2v) is 3.46. The normalized spacial score (nSPS) is 14.1. The van der Waals surface area contributed by atoms with Gasteiger partial charge in [-0.1, -0.05) is 13.3 Å². The van der Waals surface area contributed by atoms with Crippen LogP contribution < -0.4 is 9.47 Å². The molecule has 1 aromatic carbocycles. The highest BCUT2D eigenvalue weighted by molar-refractivity contribution is 5.57. The summed E-state index contributed by atoms with van der Waals surface area (Å²) in [6.45, 7) is 2.39. The van der Waals surface area contributed by atoms with Crippen molar-refractivity contribution < 1.29 is 14.6 Å². The van der Waals surface area contributed by atoms with Crippen LogP contribution in [0.1, 0.15) is 19.8 Å². The lowest BCUT2D eigenvalue weighted by molar-refractivity contribution is 0.0994. The van der Waals surface area contributed by atoms with Crippen molar-refractivity contribution in [3.05, 3.63) is 18.2 Å². The molecule has 0 radical (unpaired) electrons. The molecule has 1 atom stereocenters. The van der Waals surface area contributed by atoms with Crippen LogP contribution in [0.25, 0.3) is 0 Å². The molecule has 1 N–H and O–H groups in total. The molecule has 0 aliphatic carbocycles. The second-order valence-electron chi connectivity index (χ2n) is 3.46. The fourth-order valence-corrected chi connectivity index (χ4v) is 1.34. The maximum absolute atomic E-state index is 9.44. The molecule has 0 saturated heterocycles. The highest BCUT2D eigenvalue weighted by Gasteiger charge is 2.19. The smallest absolute Gasteiger partial charge is 0.173 e. The van der Waals surface area contributed by atoms with Crippen LogP contribution in [0.2, 0.25) is 0 Å². The summed E-state index contributed by atoms with van der Waals surface area (Å²) in [5.74, 6) is 2.57. The molecular formula is C11H14O3. The van der Waals surface area contributed by atoms with Crippen molar-refractivity contribution in [1.29, 1.82) is 0 Å². The number of hydrogen-bond donors (Lipinski definition) is 1. The van der Waals surface area contributed by atoms with Gasteiger partial charge >= 0.3 is 0 Å². The van der Waals surface area contributed by atoms with Gasteiger partial charge in [0.05, 0.1) is 6.10 Å². The van der Waals surface area contributed by atoms with Gasteiger partial charge in [0.2, 0.25) is 0 Å². The van der Waals surface area contributed by atoms with Gasteiger partial charge in [-0.25, -0.2) is 0 Å². The fourth-order valence-electron chi connectivity index (χ4n) is 1.34. The zero-order valence-corrected chi connectivity index (χ0v) is 8.19. The SMILES string of the molecule is CCCC(O)COc1ccc2c(c1)O2. The van der Waals surface area contributed by atoms with Crippen molar-refractivity contribution in [3.63, 3.8) is 0 Å². The van der Waals surface area contributed by atoms with Gasteiger partial charge in [-0.3, -0.25) is 0 Å². The first-order chi connectivity index (χ1) is 6.79. The Bertz CT molecular complexity index is 322. The van der Waals surface area contributed by atoms with Crippen molar-refractivity contribution >= 4 is 0 Å². The Morgan fingerprint density at radius 3 is 3.00 bits per heavy atom. The molecule has 0 spiro atoms. The average molecular weight is 194 g/mol. The highest BCUT2D eigenvalue weighted by Crippen LogP contribution is 2.46. The first kappa shape index (κ1) is 9.34. The van der Waals surface area contributed by atoms with Crippen LogP contribution in [-0.2, 0) is 0 Å². The standard InChI is InChI=1S/C11H14O3/c1-2-3-8(12)7-13-9-4-5-10-11(6-9)14-10/h4-6,8,12H,2-3,7H2,1H3. The predicted molar refractivity (Wildman–Crippen MR) is 52.9 cm³/mol. The number of aliphatic hydroxyl groups is 1. The molecule has 3 nitrogen and oxygen atoms in total. The van der Waals surface area contributed by atoms with Crippen LogP contribution in [0.5, 0.6) is 17.2 Å². The predicted octanol–water partition coefficient (Wildman–Crippen LogP) is 2.33. The molecule has 1 aliphatic heterocycles. The van der Waals surface area contributed by atoms with Gasteiger partial charge in [0.25, 0.3) is 0 Å². The Balaban J connectivity index is 1.81. The molecular weight excluding hydrogens is 180 g/mol. The minimum atomic E-state index is -0.371. The zero-order valence-electron chi connectivity index (χ0n) is 8.19. The van der Waals surface area contributed by atoms with Crippen molar-refractivity contribution in [2.24, 2.45) is 0 Å². The molecule has 1 heterocycles. The quantitative estimate of drug-likeness (QED) is 0.743. The van der Waals surface area contributed by atoms with Gasteiger partial charge in [-0.05, 0) is 18.6 Å². The minimum Gasteiger partial charge on any atom is -0.491 e. The van der Waals surface area contributed by atoms with Gasteiger partial charge in [0, 0.05) is 6.07 Å². The van der Waals surface area contributed by atoms with E-state index in [2.05, 4.69) is 0 Å². The zero-order chi connectivity index (χ0) is 9.97. The molecule has 0 saturated carbocycles. The Labute approximate surface area is 83.3 Å². The molecule has 0 aromatic heterocycles. The van der Waals surface area contributed by atoms with E-state index < -0.39 is 0 Å². The van der Waals surface area contributed by atoms with Crippen LogP contribution in [0.3, 0.4) is 0 Å². The molecule has 0 amide bonds. The summed E-state index contributed by atoms with van der Waals surface area (Å²) in [6, 6.07) is 5.56. The van der Waals surface area contributed by atoms with E-state index in [4.69, 9.17) is 9.47 Å². The van der Waals surface area contributed by atoms with E-state index in [-0.39, 0.29) is 6.10 Å². The third-order valence-corrected chi connectivity index (χ3v) is 2.16. The number of rotatable bonds is 5. The lowest BCUT2D eigenvalue weighted by Crippen LogP contribution is -2.16. The van der Waals surface area contributed by atoms with E-state index in [1.54, 1.807) is 0 Å². The average Bonchev–Trinajstić information content (AvgIpc) is 2.93. The molecule has 3 heteroatoms. The molecule has 14 heavy (non-hydrogen) atoms. The molecule has 1 aromatic rings. The van der Waals surface area contributed by atoms with Gasteiger partial charge < -0.3 is 14.6 Å². The van der Waals surface area contributed by atoms with Crippen molar-refractivity contribution in [2.75, 3.05) is 6.61 Å². The maximum Gasteiger partial charge on any atom is 0.173 e. The van der Waals surface area contributed by atoms with E-state index in [1.165, 1.54) is 0 Å². The van der Waals surface area contributed by atoms with E-state index in [1.807, 2.05) is 25.1 Å². The summed E-state index contributed by atoms with van der Waals surface area (Å²) in [5.41, 5.74) is 0. The number of ether oxygens (including phenoxy) is 2. The minimum absolute atomic E-state index is 0.354. The van der Waals surface area contributed by atoms with Crippen LogP contribution in [-0.4, -0.2) is 17.8 Å². The van der Waals surface area contributed by atoms with Gasteiger partial charge in [0.15, 0.2) is 11.5 Å². The third-order valence-electron chi connectivity index (χ3n) is 2.16. The lowest BCUT2D eigenvalue weighted by Gasteiger charge is -2.10. The van der Waals surface area contributed by atoms with E-state index in [0.717, 1.165) is 30.1 Å². The number of hydrogen-bond acceptors (Lipinski definition) is 3. The summed E-state index contributed by atoms with van der Waals surface area (Å²) in [4.78, 5) is 0. The molecule has 1 aliphatic rings. The van der Waals surface area contributed by atoms with Crippen molar-refractivity contribution in [1.82, 2.24) is 0 Å². The van der Waals surface area contributed by atoms with Crippen LogP contribution >= 0.6 is 0 Å². The fraction of sp³-hybridized carbons (Fsp3) is 0.455. The summed E-state index contributed by atoms with van der Waals surface area (Å²) in [5, 5.41) is 9.44. The summed E-state index contributed by atoms with van der Waals surface area (Å²) < 4.78 is 10.5. The number of benzene rings is 1. The number of fused-ring (bicyclic) bond motifs is 1. The molecule has 76 valence electrons. The van der Waals surface area contributed by atoms with E-state index >= 15 is 0 Å². The Morgan fingerprint density at radius 2 is 2.29 bits per heavy atom. The summed E-state index contributed by atoms with van der Waals surface area (Å²) >= 11 is 0. The first-order valence-electron chi connectivity index (χ1n) is 4.92. The molecule has 1 unspecified atom stereocenters. The van der Waals surface area contributed by atoms with E-state index in [0.29, 0.717) is 6.61 Å². The van der Waals surface area contributed by atoms with Crippen LogP contribution in [0, 0.1) is 0 Å².